The molecular weight excluding hydrogens is 186 g/mol. The molecule has 1 aromatic heterocycles. The van der Waals surface area contributed by atoms with Gasteiger partial charge in [0.2, 0.25) is 0 Å². The van der Waals surface area contributed by atoms with Crippen LogP contribution < -0.4 is 4.74 Å². The van der Waals surface area contributed by atoms with E-state index in [1.165, 1.54) is 0 Å². The normalized spacial score (nSPS) is 10.7. The van der Waals surface area contributed by atoms with Crippen LogP contribution in [-0.2, 0) is 0 Å². The molecule has 0 atom stereocenters. The van der Waals surface area contributed by atoms with Gasteiger partial charge in [0.25, 0.3) is 0 Å². The van der Waals surface area contributed by atoms with Gasteiger partial charge in [0.1, 0.15) is 10.9 Å². The van der Waals surface area contributed by atoms with Crippen molar-refractivity contribution in [3.63, 3.8) is 0 Å². The fourth-order valence-electron chi connectivity index (χ4n) is 1.51. The van der Waals surface area contributed by atoms with Crippen LogP contribution >= 0.6 is 11.6 Å². The van der Waals surface area contributed by atoms with E-state index in [4.69, 9.17) is 16.3 Å². The molecular formula is C10H10ClNO. The Hall–Kier alpha value is -1.15. The van der Waals surface area contributed by atoms with Gasteiger partial charge in [-0.1, -0.05) is 11.6 Å². The lowest BCUT2D eigenvalue weighted by Gasteiger charge is -2.04. The number of benzene rings is 1. The predicted molar refractivity (Wildman–Crippen MR) is 54.6 cm³/mol. The zero-order valence-electron chi connectivity index (χ0n) is 7.52. The largest absolute Gasteiger partial charge is 0.496 e. The van der Waals surface area contributed by atoms with Crippen molar-refractivity contribution in [2.75, 3.05) is 7.11 Å². The molecule has 1 aromatic carbocycles. The minimum atomic E-state index is 0.659. The Balaban J connectivity index is 2.78. The number of aryl methyl sites for hydroxylation is 1. The summed E-state index contributed by atoms with van der Waals surface area (Å²) in [5.41, 5.74) is 2.14. The summed E-state index contributed by atoms with van der Waals surface area (Å²) in [6.45, 7) is 2.01. The maximum atomic E-state index is 5.85. The molecule has 0 saturated carbocycles. The first-order chi connectivity index (χ1) is 6.22. The number of aromatic nitrogens is 1. The van der Waals surface area contributed by atoms with Gasteiger partial charge in [0.15, 0.2) is 0 Å². The van der Waals surface area contributed by atoms with Crippen molar-refractivity contribution in [1.29, 1.82) is 0 Å². The van der Waals surface area contributed by atoms with Crippen molar-refractivity contribution in [2.24, 2.45) is 0 Å². The van der Waals surface area contributed by atoms with E-state index in [1.54, 1.807) is 7.11 Å². The minimum Gasteiger partial charge on any atom is -0.496 e. The topological polar surface area (TPSA) is 25.0 Å². The van der Waals surface area contributed by atoms with E-state index in [1.807, 2.05) is 25.1 Å². The Morgan fingerprint density at radius 3 is 2.85 bits per heavy atom. The van der Waals surface area contributed by atoms with Gasteiger partial charge < -0.3 is 9.72 Å². The zero-order valence-corrected chi connectivity index (χ0v) is 8.27. The van der Waals surface area contributed by atoms with Crippen LogP contribution in [0.5, 0.6) is 5.75 Å². The molecule has 0 aliphatic rings. The van der Waals surface area contributed by atoms with Gasteiger partial charge in [-0.15, -0.1) is 0 Å². The quantitative estimate of drug-likeness (QED) is 0.743. The Labute approximate surface area is 81.5 Å². The third-order valence-electron chi connectivity index (χ3n) is 2.19. The number of nitrogens with one attached hydrogen (secondary N) is 1. The number of hydrogen-bond acceptors (Lipinski definition) is 1. The van der Waals surface area contributed by atoms with E-state index in [9.17, 15) is 0 Å². The van der Waals surface area contributed by atoms with E-state index in [2.05, 4.69) is 4.98 Å². The summed E-state index contributed by atoms with van der Waals surface area (Å²) in [5.74, 6) is 0.881. The summed E-state index contributed by atoms with van der Waals surface area (Å²) >= 11 is 5.85. The van der Waals surface area contributed by atoms with Crippen molar-refractivity contribution in [3.8, 4) is 5.75 Å². The zero-order chi connectivity index (χ0) is 9.42. The smallest absolute Gasteiger partial charge is 0.123 e. The first kappa shape index (κ1) is 8.45. The van der Waals surface area contributed by atoms with Gasteiger partial charge in [-0.05, 0) is 25.1 Å². The average Bonchev–Trinajstić information content (AvgIpc) is 2.47. The van der Waals surface area contributed by atoms with Crippen molar-refractivity contribution < 1.29 is 4.74 Å². The minimum absolute atomic E-state index is 0.659. The van der Waals surface area contributed by atoms with Crippen LogP contribution in [0.4, 0.5) is 0 Å². The number of fused-ring (bicyclic) bond motifs is 1. The first-order valence-corrected chi connectivity index (χ1v) is 4.42. The summed E-state index contributed by atoms with van der Waals surface area (Å²) in [4.78, 5) is 3.09. The van der Waals surface area contributed by atoms with Crippen molar-refractivity contribution in [2.45, 2.75) is 6.92 Å². The third kappa shape index (κ3) is 1.27. The highest BCUT2D eigenvalue weighted by atomic mass is 35.5. The van der Waals surface area contributed by atoms with Gasteiger partial charge >= 0.3 is 0 Å². The molecule has 0 aliphatic carbocycles. The molecule has 0 amide bonds. The fraction of sp³-hybridized carbons (Fsp3) is 0.200. The van der Waals surface area contributed by atoms with E-state index in [0.29, 0.717) is 5.15 Å². The van der Waals surface area contributed by atoms with Crippen LogP contribution in [0.15, 0.2) is 18.2 Å². The molecule has 2 aromatic rings. The molecule has 0 saturated heterocycles. The lowest BCUT2D eigenvalue weighted by molar-refractivity contribution is 0.412. The second-order valence-electron chi connectivity index (χ2n) is 2.97. The van der Waals surface area contributed by atoms with E-state index < -0.39 is 0 Å². The summed E-state index contributed by atoms with van der Waals surface area (Å²) in [5, 5.41) is 1.77. The highest BCUT2D eigenvalue weighted by Gasteiger charge is 2.05. The van der Waals surface area contributed by atoms with Crippen LogP contribution in [0.3, 0.4) is 0 Å². The van der Waals surface area contributed by atoms with Gasteiger partial charge in [-0.25, -0.2) is 0 Å². The number of H-pyrrole nitrogens is 1. The standard InChI is InChI=1S/C10H10ClNO/c1-6-8(13-2)4-3-7-5-9(11)12-10(6)7/h3-5,12H,1-2H3. The second kappa shape index (κ2) is 2.96. The van der Waals surface area contributed by atoms with Gasteiger partial charge in [-0.2, -0.15) is 0 Å². The molecule has 0 fully saturated rings. The molecule has 3 heteroatoms. The molecule has 1 heterocycles. The lowest BCUT2D eigenvalue weighted by Crippen LogP contribution is -1.87. The lowest BCUT2D eigenvalue weighted by atomic mass is 10.1. The van der Waals surface area contributed by atoms with Gasteiger partial charge in [0, 0.05) is 10.9 Å². The third-order valence-corrected chi connectivity index (χ3v) is 2.40. The SMILES string of the molecule is COc1ccc2cc(Cl)[nH]c2c1C. The van der Waals surface area contributed by atoms with Gasteiger partial charge in [-0.3, -0.25) is 0 Å². The Morgan fingerprint density at radius 2 is 2.15 bits per heavy atom. The highest BCUT2D eigenvalue weighted by molar-refractivity contribution is 6.30. The molecule has 1 N–H and O–H groups in total. The number of hydrogen-bond donors (Lipinski definition) is 1. The van der Waals surface area contributed by atoms with Crippen LogP contribution in [0.25, 0.3) is 10.9 Å². The average molecular weight is 196 g/mol. The number of halogens is 1. The van der Waals surface area contributed by atoms with Gasteiger partial charge in [0.05, 0.1) is 12.6 Å². The molecule has 0 radical (unpaired) electrons. The number of aromatic amines is 1. The maximum absolute atomic E-state index is 5.85. The van der Waals surface area contributed by atoms with Crippen molar-refractivity contribution >= 4 is 22.5 Å². The molecule has 0 bridgehead atoms. The van der Waals surface area contributed by atoms with E-state index in [0.717, 1.165) is 22.2 Å². The summed E-state index contributed by atoms with van der Waals surface area (Å²) in [6, 6.07) is 5.84. The highest BCUT2D eigenvalue weighted by Crippen LogP contribution is 2.28. The Kier molecular flexibility index (Phi) is 1.93. The monoisotopic (exact) mass is 195 g/mol. The second-order valence-corrected chi connectivity index (χ2v) is 3.38. The van der Waals surface area contributed by atoms with Crippen LogP contribution in [0, 0.1) is 6.92 Å². The molecule has 0 unspecified atom stereocenters. The molecule has 2 nitrogen and oxygen atoms in total. The molecule has 0 aliphatic heterocycles. The molecule has 13 heavy (non-hydrogen) atoms. The Morgan fingerprint density at radius 1 is 1.38 bits per heavy atom. The molecule has 2 rings (SSSR count). The van der Waals surface area contributed by atoms with E-state index >= 15 is 0 Å². The van der Waals surface area contributed by atoms with Crippen molar-refractivity contribution in [3.05, 3.63) is 28.9 Å². The first-order valence-electron chi connectivity index (χ1n) is 4.04. The maximum Gasteiger partial charge on any atom is 0.123 e. The van der Waals surface area contributed by atoms with Crippen LogP contribution in [0.2, 0.25) is 5.15 Å². The predicted octanol–water partition coefficient (Wildman–Crippen LogP) is 3.14. The number of rotatable bonds is 1. The fourth-order valence-corrected chi connectivity index (χ4v) is 1.72. The molecule has 0 spiro atoms. The molecule has 68 valence electrons. The summed E-state index contributed by atoms with van der Waals surface area (Å²) in [7, 11) is 1.67. The van der Waals surface area contributed by atoms with E-state index in [-0.39, 0.29) is 0 Å². The Bertz CT molecular complexity index is 447. The van der Waals surface area contributed by atoms with Crippen LogP contribution in [0.1, 0.15) is 5.56 Å². The van der Waals surface area contributed by atoms with Crippen LogP contribution in [-0.4, -0.2) is 12.1 Å². The number of methoxy groups -OCH3 is 1. The number of ether oxygens (including phenoxy) is 1. The summed E-state index contributed by atoms with van der Waals surface area (Å²) < 4.78 is 5.20. The van der Waals surface area contributed by atoms with Crippen molar-refractivity contribution in [1.82, 2.24) is 4.98 Å². The summed E-state index contributed by atoms with van der Waals surface area (Å²) in [6.07, 6.45) is 0.